The first kappa shape index (κ1) is 18.6. The van der Waals surface area contributed by atoms with Gasteiger partial charge in [-0.2, -0.15) is 0 Å². The van der Waals surface area contributed by atoms with Crippen molar-refractivity contribution in [3.05, 3.63) is 50.6 Å². The molecule has 7 rings (SSSR count). The van der Waals surface area contributed by atoms with Gasteiger partial charge in [0.15, 0.2) is 0 Å². The zero-order valence-corrected chi connectivity index (χ0v) is 21.8. The average Bonchev–Trinajstić information content (AvgIpc) is 3.26. The zero-order chi connectivity index (χ0) is 21.0. The predicted octanol–water partition coefficient (Wildman–Crippen LogP) is 4.84. The molecule has 10 heteroatoms. The molecule has 2 aromatic rings. The van der Waals surface area contributed by atoms with E-state index in [1.54, 1.807) is 10.9 Å². The third-order valence-electron chi connectivity index (χ3n) is 7.67. The Kier molecular flexibility index (Phi) is 3.19. The number of β-lactam (4-membered cyclic amide) rings is 1. The SMILES string of the molecule is CC12C(=O)n3cnc4c3C3(CC1Br)N2c1cc(Br)cc(Br)c1C31CC(=O)N1C=C4Br. The van der Waals surface area contributed by atoms with Crippen LogP contribution in [-0.2, 0) is 15.9 Å². The molecule has 6 nitrogen and oxygen atoms in total. The molecule has 30 heavy (non-hydrogen) atoms. The molecule has 6 heterocycles. The van der Waals surface area contributed by atoms with Crippen molar-refractivity contribution in [3.8, 4) is 0 Å². The topological polar surface area (TPSA) is 58.4 Å². The Morgan fingerprint density at radius 3 is 2.67 bits per heavy atom. The minimum absolute atomic E-state index is 0.00949. The van der Waals surface area contributed by atoms with Crippen molar-refractivity contribution in [2.45, 2.75) is 41.2 Å². The Hall–Kier alpha value is -0.970. The number of carbonyl (C=O) groups is 2. The normalized spacial score (nSPS) is 36.8. The number of rotatable bonds is 0. The van der Waals surface area contributed by atoms with Gasteiger partial charge >= 0.3 is 0 Å². The summed E-state index contributed by atoms with van der Waals surface area (Å²) >= 11 is 14.9. The molecule has 0 saturated carbocycles. The Morgan fingerprint density at radius 1 is 1.17 bits per heavy atom. The van der Waals surface area contributed by atoms with Crippen molar-refractivity contribution in [3.63, 3.8) is 0 Å². The van der Waals surface area contributed by atoms with Crippen LogP contribution in [0.5, 0.6) is 0 Å². The fourth-order valence-corrected chi connectivity index (χ4v) is 9.51. The fraction of sp³-hybridized carbons (Fsp3) is 0.350. The van der Waals surface area contributed by atoms with Gasteiger partial charge in [0.25, 0.3) is 5.91 Å². The largest absolute Gasteiger partial charge is 0.342 e. The summed E-state index contributed by atoms with van der Waals surface area (Å²) in [7, 11) is 0. The quantitative estimate of drug-likeness (QED) is 0.300. The van der Waals surface area contributed by atoms with Crippen LogP contribution in [0.1, 0.15) is 41.5 Å². The molecule has 0 N–H and O–H groups in total. The fourth-order valence-electron chi connectivity index (χ4n) is 6.61. The van der Waals surface area contributed by atoms with E-state index < -0.39 is 16.6 Å². The van der Waals surface area contributed by atoms with E-state index in [1.807, 2.05) is 24.1 Å². The molecule has 1 aromatic heterocycles. The molecule has 1 amide bonds. The van der Waals surface area contributed by atoms with Gasteiger partial charge < -0.3 is 9.80 Å². The maximum absolute atomic E-state index is 13.9. The molecule has 152 valence electrons. The highest BCUT2D eigenvalue weighted by Gasteiger charge is 2.82. The van der Waals surface area contributed by atoms with E-state index in [0.29, 0.717) is 12.8 Å². The van der Waals surface area contributed by atoms with Gasteiger partial charge in [-0.3, -0.25) is 14.2 Å². The number of imidazole rings is 1. The molecule has 4 unspecified atom stereocenters. The molecule has 2 saturated heterocycles. The van der Waals surface area contributed by atoms with Crippen LogP contribution in [0.25, 0.3) is 4.48 Å². The molecule has 5 aliphatic heterocycles. The minimum Gasteiger partial charge on any atom is -0.342 e. The molecular formula is C20H12Br4N4O2. The van der Waals surface area contributed by atoms with Crippen molar-refractivity contribution >= 4 is 85.7 Å². The Balaban J connectivity index is 1.74. The molecule has 1 aromatic carbocycles. The number of benzene rings is 1. The summed E-state index contributed by atoms with van der Waals surface area (Å²) in [5.41, 5.74) is 1.59. The number of hydrogen-bond donors (Lipinski definition) is 0. The molecule has 0 aliphatic carbocycles. The van der Waals surface area contributed by atoms with E-state index in [9.17, 15) is 9.59 Å². The van der Waals surface area contributed by atoms with Crippen LogP contribution in [0, 0.1) is 0 Å². The van der Waals surface area contributed by atoms with Gasteiger partial charge in [-0.15, -0.1) is 0 Å². The lowest BCUT2D eigenvalue weighted by molar-refractivity contribution is -0.158. The van der Waals surface area contributed by atoms with E-state index >= 15 is 0 Å². The lowest BCUT2D eigenvalue weighted by atomic mass is 9.64. The monoisotopic (exact) mass is 656 g/mol. The van der Waals surface area contributed by atoms with Gasteiger partial charge in [-0.25, -0.2) is 4.98 Å². The van der Waals surface area contributed by atoms with Crippen LogP contribution in [0.2, 0.25) is 0 Å². The van der Waals surface area contributed by atoms with Gasteiger partial charge in [-0.05, 0) is 41.4 Å². The molecule has 2 fully saturated rings. The van der Waals surface area contributed by atoms with Crippen LogP contribution < -0.4 is 4.90 Å². The highest BCUT2D eigenvalue weighted by molar-refractivity contribution is 9.15. The van der Waals surface area contributed by atoms with Crippen molar-refractivity contribution < 1.29 is 9.59 Å². The molecule has 5 aliphatic rings. The average molecular weight is 660 g/mol. The lowest BCUT2D eigenvalue weighted by Crippen LogP contribution is -2.73. The van der Waals surface area contributed by atoms with E-state index in [4.69, 9.17) is 0 Å². The maximum atomic E-state index is 13.9. The van der Waals surface area contributed by atoms with Crippen LogP contribution in [-0.4, -0.2) is 36.6 Å². The second kappa shape index (κ2) is 5.15. The number of nitrogens with zero attached hydrogens (tertiary/aromatic N) is 4. The first-order valence-electron chi connectivity index (χ1n) is 9.46. The predicted molar refractivity (Wildman–Crippen MR) is 125 cm³/mol. The third-order valence-corrected chi connectivity index (χ3v) is 10.5. The van der Waals surface area contributed by atoms with Gasteiger partial charge in [0.2, 0.25) is 5.91 Å². The number of alkyl halides is 1. The summed E-state index contributed by atoms with van der Waals surface area (Å²) < 4.78 is 4.30. The Labute approximate surface area is 205 Å². The first-order chi connectivity index (χ1) is 14.2. The summed E-state index contributed by atoms with van der Waals surface area (Å²) in [5.74, 6) is 0.0574. The summed E-state index contributed by atoms with van der Waals surface area (Å²) in [6, 6.07) is 4.10. The molecular weight excluding hydrogens is 648 g/mol. The van der Waals surface area contributed by atoms with Crippen LogP contribution in [0.3, 0.4) is 0 Å². The van der Waals surface area contributed by atoms with Crippen molar-refractivity contribution in [1.82, 2.24) is 14.5 Å². The summed E-state index contributed by atoms with van der Waals surface area (Å²) in [5, 5.41) is 0. The van der Waals surface area contributed by atoms with Gasteiger partial charge in [0, 0.05) is 31.2 Å². The molecule has 4 atom stereocenters. The Bertz CT molecular complexity index is 1300. The summed E-state index contributed by atoms with van der Waals surface area (Å²) in [6.45, 7) is 2.00. The smallest absolute Gasteiger partial charge is 0.258 e. The van der Waals surface area contributed by atoms with Crippen molar-refractivity contribution in [2.24, 2.45) is 0 Å². The standard InChI is InChI=1S/C20H12Br4N4O2/c1-18-12(24)4-20-16-15(25-7-26(16)17(18)30)10(23)6-27-13(29)5-19(20,27)14-9(22)2-8(21)3-11(14)28(18)20/h2-3,6-7,12H,4-5H2,1H3. The maximum Gasteiger partial charge on any atom is 0.258 e. The van der Waals surface area contributed by atoms with Crippen LogP contribution in [0.15, 0.2) is 33.6 Å². The summed E-state index contributed by atoms with van der Waals surface area (Å²) in [6.07, 6.45) is 4.56. The van der Waals surface area contributed by atoms with E-state index in [0.717, 1.165) is 36.1 Å². The minimum atomic E-state index is -0.815. The number of anilines is 1. The Morgan fingerprint density at radius 2 is 1.93 bits per heavy atom. The van der Waals surface area contributed by atoms with Crippen molar-refractivity contribution in [2.75, 3.05) is 4.90 Å². The second-order valence-corrected chi connectivity index (χ2v) is 12.4. The highest BCUT2D eigenvalue weighted by atomic mass is 79.9. The lowest BCUT2D eigenvalue weighted by Gasteiger charge is -2.59. The van der Waals surface area contributed by atoms with E-state index in [2.05, 4.69) is 79.7 Å². The van der Waals surface area contributed by atoms with Gasteiger partial charge in [-0.1, -0.05) is 47.8 Å². The number of carbonyl (C=O) groups excluding carboxylic acids is 2. The molecule has 2 bridgehead atoms. The van der Waals surface area contributed by atoms with Crippen LogP contribution in [0.4, 0.5) is 5.69 Å². The number of fused-ring (bicyclic) bond motifs is 1. The second-order valence-electron chi connectivity index (χ2n) is 8.69. The van der Waals surface area contributed by atoms with E-state index in [1.165, 1.54) is 0 Å². The van der Waals surface area contributed by atoms with Crippen LogP contribution >= 0.6 is 63.7 Å². The summed E-state index contributed by atoms with van der Waals surface area (Å²) in [4.78, 5) is 35.5. The number of aromatic nitrogens is 2. The van der Waals surface area contributed by atoms with Crippen molar-refractivity contribution in [1.29, 1.82) is 0 Å². The molecule has 0 radical (unpaired) electrons. The third kappa shape index (κ3) is 1.54. The van der Waals surface area contributed by atoms with Gasteiger partial charge in [0.1, 0.15) is 28.6 Å². The number of halogens is 4. The zero-order valence-electron chi connectivity index (χ0n) is 15.4. The van der Waals surface area contributed by atoms with Gasteiger partial charge in [0.05, 0.1) is 16.6 Å². The van der Waals surface area contributed by atoms with E-state index in [-0.39, 0.29) is 16.6 Å². The highest BCUT2D eigenvalue weighted by Crippen LogP contribution is 2.75. The number of hydrogen-bond acceptors (Lipinski definition) is 4. The molecule has 2 spiro atoms. The number of amides is 1. The first-order valence-corrected chi connectivity index (χ1v) is 12.8.